The van der Waals surface area contributed by atoms with E-state index in [4.69, 9.17) is 4.74 Å². The molecule has 0 unspecified atom stereocenters. The minimum atomic E-state index is -3.58. The van der Waals surface area contributed by atoms with E-state index >= 15 is 0 Å². The summed E-state index contributed by atoms with van der Waals surface area (Å²) in [6.07, 6.45) is 3.55. The fourth-order valence-electron chi connectivity index (χ4n) is 4.28. The molecule has 2 aromatic rings. The molecule has 7 nitrogen and oxygen atoms in total. The van der Waals surface area contributed by atoms with Crippen LogP contribution in [0.3, 0.4) is 0 Å². The molecule has 1 saturated heterocycles. The van der Waals surface area contributed by atoms with Crippen LogP contribution in [0.15, 0.2) is 35.4 Å². The number of rotatable bonds is 8. The molecule has 1 aliphatic rings. The minimum Gasteiger partial charge on any atom is -0.477 e. The van der Waals surface area contributed by atoms with Gasteiger partial charge in [0.25, 0.3) is 0 Å². The normalized spacial score (nSPS) is 15.5. The van der Waals surface area contributed by atoms with Crippen LogP contribution in [0.4, 0.5) is 0 Å². The summed E-state index contributed by atoms with van der Waals surface area (Å²) in [5, 5.41) is 2.97. The second-order valence-electron chi connectivity index (χ2n) is 8.44. The standard InChI is InChI=1S/C24H33N3O4S/c1-5-13-31-24-21(7-6-10-25-24)16-26-23(28)20-8-11-27(12-9-20)32(29,30)22-18(3)14-17(2)15-19(22)4/h6-7,10,14-15,20H,5,8-9,11-13,16H2,1-4H3,(H,26,28). The second-order valence-corrected chi connectivity index (χ2v) is 10.3. The largest absolute Gasteiger partial charge is 0.477 e. The molecule has 2 heterocycles. The molecule has 1 aromatic carbocycles. The first-order valence-electron chi connectivity index (χ1n) is 11.2. The summed E-state index contributed by atoms with van der Waals surface area (Å²) in [7, 11) is -3.58. The lowest BCUT2D eigenvalue weighted by Gasteiger charge is -2.31. The van der Waals surface area contributed by atoms with E-state index in [1.54, 1.807) is 6.20 Å². The first-order valence-corrected chi connectivity index (χ1v) is 12.6. The molecule has 1 N–H and O–H groups in total. The molecule has 0 bridgehead atoms. The van der Waals surface area contributed by atoms with Crippen molar-refractivity contribution in [2.75, 3.05) is 19.7 Å². The number of aromatic nitrogens is 1. The van der Waals surface area contributed by atoms with Crippen LogP contribution in [-0.2, 0) is 21.4 Å². The molecule has 1 aliphatic heterocycles. The quantitative estimate of drug-likeness (QED) is 0.653. The van der Waals surface area contributed by atoms with E-state index in [2.05, 4.69) is 10.3 Å². The van der Waals surface area contributed by atoms with Crippen LogP contribution in [0.5, 0.6) is 5.88 Å². The third-order valence-corrected chi connectivity index (χ3v) is 7.98. The average molecular weight is 460 g/mol. The van der Waals surface area contributed by atoms with Crippen molar-refractivity contribution in [3.8, 4) is 5.88 Å². The molecule has 0 aliphatic carbocycles. The van der Waals surface area contributed by atoms with Gasteiger partial charge in [-0.15, -0.1) is 0 Å². The van der Waals surface area contributed by atoms with E-state index in [-0.39, 0.29) is 11.8 Å². The first kappa shape index (κ1) is 24.2. The Hall–Kier alpha value is -2.45. The summed E-state index contributed by atoms with van der Waals surface area (Å²) >= 11 is 0. The van der Waals surface area contributed by atoms with Crippen molar-refractivity contribution in [1.82, 2.24) is 14.6 Å². The van der Waals surface area contributed by atoms with Gasteiger partial charge in [-0.05, 0) is 57.2 Å². The minimum absolute atomic E-state index is 0.0601. The maximum atomic E-state index is 13.3. The van der Waals surface area contributed by atoms with Gasteiger partial charge in [-0.25, -0.2) is 13.4 Å². The van der Waals surface area contributed by atoms with Crippen molar-refractivity contribution in [3.63, 3.8) is 0 Å². The molecule has 0 saturated carbocycles. The fourth-order valence-corrected chi connectivity index (χ4v) is 6.16. The summed E-state index contributed by atoms with van der Waals surface area (Å²) in [6.45, 7) is 9.25. The second kappa shape index (κ2) is 10.4. The molecule has 1 amide bonds. The molecule has 1 aromatic heterocycles. The van der Waals surface area contributed by atoms with Gasteiger partial charge in [-0.1, -0.05) is 30.7 Å². The molecule has 0 spiro atoms. The molecule has 174 valence electrons. The van der Waals surface area contributed by atoms with Gasteiger partial charge in [0.15, 0.2) is 0 Å². The molecular weight excluding hydrogens is 426 g/mol. The van der Waals surface area contributed by atoms with Crippen LogP contribution in [-0.4, -0.2) is 43.3 Å². The van der Waals surface area contributed by atoms with E-state index < -0.39 is 10.0 Å². The Morgan fingerprint density at radius 2 is 1.84 bits per heavy atom. The van der Waals surface area contributed by atoms with Gasteiger partial charge in [0.05, 0.1) is 11.5 Å². The maximum absolute atomic E-state index is 13.3. The van der Waals surface area contributed by atoms with Crippen molar-refractivity contribution < 1.29 is 17.9 Å². The molecule has 3 rings (SSSR count). The monoisotopic (exact) mass is 459 g/mol. The van der Waals surface area contributed by atoms with Crippen molar-refractivity contribution in [2.45, 2.75) is 58.4 Å². The van der Waals surface area contributed by atoms with E-state index in [0.29, 0.717) is 49.9 Å². The number of sulfonamides is 1. The average Bonchev–Trinajstić information content (AvgIpc) is 2.75. The number of ether oxygens (including phenoxy) is 1. The molecule has 1 fully saturated rings. The Balaban J connectivity index is 1.60. The fraction of sp³-hybridized carbons (Fsp3) is 0.500. The molecule has 8 heteroatoms. The number of aryl methyl sites for hydroxylation is 3. The summed E-state index contributed by atoms with van der Waals surface area (Å²) in [4.78, 5) is 17.4. The number of amides is 1. The number of nitrogens with one attached hydrogen (secondary N) is 1. The number of hydrogen-bond donors (Lipinski definition) is 1. The van der Waals surface area contributed by atoms with Crippen LogP contribution in [0.1, 0.15) is 48.4 Å². The van der Waals surface area contributed by atoms with E-state index in [9.17, 15) is 13.2 Å². The number of nitrogens with zero attached hydrogens (tertiary/aromatic N) is 2. The highest BCUT2D eigenvalue weighted by molar-refractivity contribution is 7.89. The topological polar surface area (TPSA) is 88.6 Å². The lowest BCUT2D eigenvalue weighted by Crippen LogP contribution is -2.43. The summed E-state index contributed by atoms with van der Waals surface area (Å²) in [5.41, 5.74) is 3.41. The molecular formula is C24H33N3O4S. The van der Waals surface area contributed by atoms with Gasteiger partial charge in [0.1, 0.15) is 0 Å². The van der Waals surface area contributed by atoms with Crippen LogP contribution in [0.2, 0.25) is 0 Å². The van der Waals surface area contributed by atoms with Crippen molar-refractivity contribution in [1.29, 1.82) is 0 Å². The molecule has 0 radical (unpaired) electrons. The summed E-state index contributed by atoms with van der Waals surface area (Å²) in [6, 6.07) is 7.51. The number of carbonyl (C=O) groups excluding carboxylic acids is 1. The smallest absolute Gasteiger partial charge is 0.243 e. The Labute approximate surface area is 191 Å². The lowest BCUT2D eigenvalue weighted by molar-refractivity contribution is -0.126. The number of hydrogen-bond acceptors (Lipinski definition) is 5. The van der Waals surface area contributed by atoms with Crippen molar-refractivity contribution in [2.24, 2.45) is 5.92 Å². The van der Waals surface area contributed by atoms with Gasteiger partial charge in [-0.3, -0.25) is 4.79 Å². The number of piperidine rings is 1. The Morgan fingerprint density at radius 3 is 2.47 bits per heavy atom. The van der Waals surface area contributed by atoms with Gasteiger partial charge in [0, 0.05) is 37.3 Å². The Kier molecular flexibility index (Phi) is 7.90. The predicted molar refractivity (Wildman–Crippen MR) is 124 cm³/mol. The number of benzene rings is 1. The zero-order valence-electron chi connectivity index (χ0n) is 19.3. The lowest BCUT2D eigenvalue weighted by atomic mass is 9.97. The van der Waals surface area contributed by atoms with E-state index in [1.165, 1.54) is 4.31 Å². The van der Waals surface area contributed by atoms with Gasteiger partial charge in [0.2, 0.25) is 21.8 Å². The zero-order chi connectivity index (χ0) is 23.3. The number of pyridine rings is 1. The summed E-state index contributed by atoms with van der Waals surface area (Å²) < 4.78 is 33.7. The first-order chi connectivity index (χ1) is 15.2. The third kappa shape index (κ3) is 5.48. The van der Waals surface area contributed by atoms with Gasteiger partial charge in [-0.2, -0.15) is 4.31 Å². The van der Waals surface area contributed by atoms with E-state index in [0.717, 1.165) is 28.7 Å². The van der Waals surface area contributed by atoms with E-state index in [1.807, 2.05) is 52.0 Å². The summed E-state index contributed by atoms with van der Waals surface area (Å²) in [5.74, 6) is 0.271. The SMILES string of the molecule is CCCOc1ncccc1CNC(=O)C1CCN(S(=O)(=O)c2c(C)cc(C)cc2C)CC1. The van der Waals surface area contributed by atoms with Crippen LogP contribution in [0, 0.1) is 26.7 Å². The van der Waals surface area contributed by atoms with Gasteiger partial charge >= 0.3 is 0 Å². The van der Waals surface area contributed by atoms with Crippen molar-refractivity contribution in [3.05, 3.63) is 52.7 Å². The highest BCUT2D eigenvalue weighted by Gasteiger charge is 2.33. The van der Waals surface area contributed by atoms with Gasteiger partial charge < -0.3 is 10.1 Å². The van der Waals surface area contributed by atoms with Crippen LogP contribution < -0.4 is 10.1 Å². The molecule has 32 heavy (non-hydrogen) atoms. The zero-order valence-corrected chi connectivity index (χ0v) is 20.2. The highest BCUT2D eigenvalue weighted by atomic mass is 32.2. The highest BCUT2D eigenvalue weighted by Crippen LogP contribution is 2.29. The third-order valence-electron chi connectivity index (χ3n) is 5.77. The van der Waals surface area contributed by atoms with Crippen molar-refractivity contribution >= 4 is 15.9 Å². The molecule has 0 atom stereocenters. The maximum Gasteiger partial charge on any atom is 0.243 e. The Bertz CT molecular complexity index is 1040. The van der Waals surface area contributed by atoms with Crippen LogP contribution >= 0.6 is 0 Å². The Morgan fingerprint density at radius 1 is 1.19 bits per heavy atom. The number of carbonyl (C=O) groups is 1. The van der Waals surface area contributed by atoms with Crippen LogP contribution in [0.25, 0.3) is 0 Å². The predicted octanol–water partition coefficient (Wildman–Crippen LogP) is 3.51.